The molecule has 0 heterocycles. The molecular weight excluding hydrogens is 528 g/mol. The Hall–Kier alpha value is -4.81. The summed E-state index contributed by atoms with van der Waals surface area (Å²) >= 11 is 0. The van der Waals surface area contributed by atoms with E-state index in [1.54, 1.807) is 0 Å². The molecule has 0 aromatic rings. The number of nitrogens with two attached hydrogens (primary N) is 1. The first kappa shape index (κ1) is 34.2. The third-order valence-electron chi connectivity index (χ3n) is 4.31. The molecule has 0 saturated carbocycles. The van der Waals surface area contributed by atoms with Crippen LogP contribution in [0.1, 0.15) is 6.92 Å². The summed E-state index contributed by atoms with van der Waals surface area (Å²) in [5.74, 6) is -8.42. The largest absolute Gasteiger partial charge is 0.480 e. The van der Waals surface area contributed by atoms with Crippen molar-refractivity contribution in [3.05, 3.63) is 0 Å². The molecule has 19 nitrogen and oxygen atoms in total. The van der Waals surface area contributed by atoms with Gasteiger partial charge >= 0.3 is 11.9 Å². The highest BCUT2D eigenvalue weighted by molar-refractivity contribution is 5.93. The summed E-state index contributed by atoms with van der Waals surface area (Å²) in [7, 11) is 0. The number of carboxylic acids is 2. The van der Waals surface area contributed by atoms with Crippen LogP contribution in [0.5, 0.6) is 0 Å². The molecule has 0 rings (SSSR count). The van der Waals surface area contributed by atoms with Gasteiger partial charge in [0.25, 0.3) is 0 Å². The molecule has 0 fully saturated rings. The van der Waals surface area contributed by atoms with Crippen molar-refractivity contribution in [3.8, 4) is 0 Å². The number of carboxylic acid groups (broad SMARTS) is 2. The van der Waals surface area contributed by atoms with Crippen molar-refractivity contribution in [2.24, 2.45) is 5.73 Å². The Labute approximate surface area is 221 Å². The third kappa shape index (κ3) is 17.3. The minimum atomic E-state index is -1.46. The molecule has 0 atom stereocenters. The van der Waals surface area contributed by atoms with E-state index in [0.29, 0.717) is 9.80 Å². The molecule has 39 heavy (non-hydrogen) atoms. The average molecular weight is 561 g/mol. The molecule has 0 aliphatic carbocycles. The number of rotatable bonds is 18. The quantitative estimate of drug-likeness (QED) is 0.0776. The first-order valence-electron chi connectivity index (χ1n) is 11.3. The Kier molecular flexibility index (Phi) is 16.2. The third-order valence-corrected chi connectivity index (χ3v) is 4.31. The number of amides is 7. The van der Waals surface area contributed by atoms with Crippen LogP contribution in [-0.4, -0.2) is 139 Å². The Balaban J connectivity index is 4.76. The number of hydrogen-bond donors (Lipinski definition) is 8. The standard InChI is InChI=1S/C20H32N8O11/c1-12(29)23-4-13(30)25-6-18(35)28(11-20(38)39)9-16(33)24-5-14(31)26-7-17(34)27(10-19(36)37)8-15(32)22-3-2-21/h2-11,21H2,1H3,(H,22,32)(H,23,29)(H,24,33)(H,25,30)(H,26,31)(H,36,37)(H,38,39). The molecule has 0 aromatic carbocycles. The molecule has 218 valence electrons. The second kappa shape index (κ2) is 18.4. The minimum absolute atomic E-state index is 0.104. The molecular formula is C20H32N8O11. The van der Waals surface area contributed by atoms with Crippen LogP contribution in [0, 0.1) is 0 Å². The van der Waals surface area contributed by atoms with Crippen molar-refractivity contribution in [2.45, 2.75) is 6.92 Å². The molecule has 7 amide bonds. The molecule has 0 spiro atoms. The maximum atomic E-state index is 12.2. The van der Waals surface area contributed by atoms with Crippen molar-refractivity contribution >= 4 is 53.3 Å². The van der Waals surface area contributed by atoms with E-state index in [1.165, 1.54) is 6.92 Å². The van der Waals surface area contributed by atoms with E-state index in [-0.39, 0.29) is 13.1 Å². The van der Waals surface area contributed by atoms with E-state index >= 15 is 0 Å². The summed E-state index contributed by atoms with van der Waals surface area (Å²) < 4.78 is 0. The fourth-order valence-electron chi connectivity index (χ4n) is 2.54. The van der Waals surface area contributed by atoms with Gasteiger partial charge in [-0.2, -0.15) is 0 Å². The fourth-order valence-corrected chi connectivity index (χ4v) is 2.54. The normalized spacial score (nSPS) is 9.90. The Bertz CT molecular complexity index is 956. The number of aliphatic carboxylic acids is 2. The molecule has 0 saturated heterocycles. The van der Waals surface area contributed by atoms with Crippen molar-refractivity contribution in [2.75, 3.05) is 65.4 Å². The van der Waals surface area contributed by atoms with Crippen LogP contribution in [0.4, 0.5) is 0 Å². The molecule has 0 aliphatic heterocycles. The predicted molar refractivity (Wildman–Crippen MR) is 128 cm³/mol. The molecule has 0 aromatic heterocycles. The molecule has 19 heteroatoms. The summed E-state index contributed by atoms with van der Waals surface area (Å²) in [6.07, 6.45) is 0. The van der Waals surface area contributed by atoms with E-state index in [2.05, 4.69) is 26.6 Å². The van der Waals surface area contributed by atoms with Gasteiger partial charge < -0.3 is 52.3 Å². The van der Waals surface area contributed by atoms with Crippen LogP contribution in [0.2, 0.25) is 0 Å². The van der Waals surface area contributed by atoms with Crippen LogP contribution in [0.15, 0.2) is 0 Å². The monoisotopic (exact) mass is 560 g/mol. The molecule has 0 bridgehead atoms. The molecule has 0 unspecified atom stereocenters. The zero-order valence-corrected chi connectivity index (χ0v) is 21.1. The second-order valence-electron chi connectivity index (χ2n) is 7.67. The lowest BCUT2D eigenvalue weighted by molar-refractivity contribution is -0.146. The van der Waals surface area contributed by atoms with Gasteiger partial charge in [0.15, 0.2) is 0 Å². The highest BCUT2D eigenvalue weighted by Gasteiger charge is 2.22. The number of nitrogens with zero attached hydrogens (tertiary/aromatic N) is 2. The van der Waals surface area contributed by atoms with E-state index in [1.807, 2.05) is 0 Å². The fraction of sp³-hybridized carbons (Fsp3) is 0.550. The van der Waals surface area contributed by atoms with Gasteiger partial charge in [-0.3, -0.25) is 43.2 Å². The van der Waals surface area contributed by atoms with Crippen LogP contribution in [-0.2, 0) is 43.2 Å². The van der Waals surface area contributed by atoms with Crippen LogP contribution in [0.3, 0.4) is 0 Å². The van der Waals surface area contributed by atoms with E-state index < -0.39 is 106 Å². The topological polar surface area (TPSA) is 287 Å². The Morgan fingerprint density at radius 2 is 0.949 bits per heavy atom. The van der Waals surface area contributed by atoms with Crippen molar-refractivity contribution in [1.82, 2.24) is 36.4 Å². The van der Waals surface area contributed by atoms with Gasteiger partial charge in [-0.25, -0.2) is 0 Å². The average Bonchev–Trinajstić information content (AvgIpc) is 2.85. The van der Waals surface area contributed by atoms with Gasteiger partial charge in [-0.05, 0) is 0 Å². The summed E-state index contributed by atoms with van der Waals surface area (Å²) in [6, 6.07) is 0. The number of carbonyl (C=O) groups is 9. The van der Waals surface area contributed by atoms with E-state index in [0.717, 1.165) is 0 Å². The van der Waals surface area contributed by atoms with E-state index in [9.17, 15) is 43.2 Å². The molecule has 0 radical (unpaired) electrons. The maximum Gasteiger partial charge on any atom is 0.323 e. The maximum absolute atomic E-state index is 12.2. The highest BCUT2D eigenvalue weighted by Crippen LogP contribution is 1.92. The predicted octanol–water partition coefficient (Wildman–Crippen LogP) is -6.63. The van der Waals surface area contributed by atoms with Crippen molar-refractivity contribution in [3.63, 3.8) is 0 Å². The number of carbonyl (C=O) groups excluding carboxylic acids is 7. The van der Waals surface area contributed by atoms with E-state index in [4.69, 9.17) is 15.9 Å². The van der Waals surface area contributed by atoms with Crippen LogP contribution < -0.4 is 32.3 Å². The van der Waals surface area contributed by atoms with Gasteiger partial charge in [0.1, 0.15) is 26.2 Å². The SMILES string of the molecule is CC(=O)NCC(=O)NCC(=O)N(CC(=O)O)CC(=O)NCC(=O)NCC(=O)N(CC(=O)O)CC(=O)NCCN. The van der Waals surface area contributed by atoms with Crippen molar-refractivity contribution in [1.29, 1.82) is 0 Å². The van der Waals surface area contributed by atoms with Gasteiger partial charge in [-0.1, -0.05) is 0 Å². The minimum Gasteiger partial charge on any atom is -0.480 e. The van der Waals surface area contributed by atoms with Crippen molar-refractivity contribution < 1.29 is 53.4 Å². The number of hydrogen-bond acceptors (Lipinski definition) is 10. The lowest BCUT2D eigenvalue weighted by atomic mass is 10.3. The van der Waals surface area contributed by atoms with Gasteiger partial charge in [-0.15, -0.1) is 0 Å². The first-order valence-corrected chi connectivity index (χ1v) is 11.3. The highest BCUT2D eigenvalue weighted by atomic mass is 16.4. The summed E-state index contributed by atoms with van der Waals surface area (Å²) in [4.78, 5) is 106. The Morgan fingerprint density at radius 3 is 1.33 bits per heavy atom. The lowest BCUT2D eigenvalue weighted by Gasteiger charge is -2.21. The van der Waals surface area contributed by atoms with Crippen LogP contribution >= 0.6 is 0 Å². The zero-order chi connectivity index (χ0) is 30.0. The van der Waals surface area contributed by atoms with Gasteiger partial charge in [0, 0.05) is 20.0 Å². The lowest BCUT2D eigenvalue weighted by Crippen LogP contribution is -2.50. The van der Waals surface area contributed by atoms with Gasteiger partial charge in [0.2, 0.25) is 41.4 Å². The first-order chi connectivity index (χ1) is 18.2. The Morgan fingerprint density at radius 1 is 0.564 bits per heavy atom. The van der Waals surface area contributed by atoms with Gasteiger partial charge in [0.05, 0.1) is 26.2 Å². The summed E-state index contributed by atoms with van der Waals surface area (Å²) in [6.45, 7) is -4.18. The summed E-state index contributed by atoms with van der Waals surface area (Å²) in [5.41, 5.74) is 5.25. The molecule has 0 aliphatic rings. The second-order valence-corrected chi connectivity index (χ2v) is 7.67. The number of nitrogens with one attached hydrogen (secondary N) is 5. The summed E-state index contributed by atoms with van der Waals surface area (Å²) in [5, 5.41) is 28.9. The molecule has 9 N–H and O–H groups in total. The zero-order valence-electron chi connectivity index (χ0n) is 21.1. The van der Waals surface area contributed by atoms with Crippen LogP contribution in [0.25, 0.3) is 0 Å². The smallest absolute Gasteiger partial charge is 0.323 e.